The van der Waals surface area contributed by atoms with E-state index in [1.54, 1.807) is 31.3 Å². The highest BCUT2D eigenvalue weighted by molar-refractivity contribution is 7.18. The van der Waals surface area contributed by atoms with E-state index < -0.39 is 23.5 Å². The van der Waals surface area contributed by atoms with E-state index in [-0.39, 0.29) is 41.8 Å². The molecule has 39 heavy (non-hydrogen) atoms. The summed E-state index contributed by atoms with van der Waals surface area (Å²) in [4.78, 5) is 31.7. The number of fused-ring (bicyclic) bond motifs is 2. The first-order valence-electron chi connectivity index (χ1n) is 14.2. The fraction of sp³-hybridized carbons (Fsp3) is 0.645. The number of carbonyl (C=O) groups excluding carboxylic acids is 2. The lowest BCUT2D eigenvalue weighted by Gasteiger charge is -2.36. The second-order valence-electron chi connectivity index (χ2n) is 12.4. The van der Waals surface area contributed by atoms with Crippen LogP contribution in [-0.4, -0.2) is 50.8 Å². The molecule has 2 aliphatic rings. The number of aliphatic hydroxyl groups is 2. The topological polar surface area (TPSA) is 112 Å². The maximum absolute atomic E-state index is 13.7. The smallest absolute Gasteiger partial charge is 0.223 e. The van der Waals surface area contributed by atoms with Crippen molar-refractivity contribution in [3.8, 4) is 0 Å². The lowest BCUT2D eigenvalue weighted by molar-refractivity contribution is -0.144. The van der Waals surface area contributed by atoms with Gasteiger partial charge in [-0.1, -0.05) is 39.3 Å². The highest BCUT2D eigenvalue weighted by atomic mass is 32.1. The molecule has 2 unspecified atom stereocenters. The van der Waals surface area contributed by atoms with Gasteiger partial charge < -0.3 is 20.3 Å². The monoisotopic (exact) mass is 556 g/mol. The summed E-state index contributed by atoms with van der Waals surface area (Å²) in [5, 5.41) is 26.5. The average Bonchev–Trinajstić information content (AvgIpc) is 3.34. The number of aryl methyl sites for hydroxylation is 1. The van der Waals surface area contributed by atoms with Gasteiger partial charge in [0.05, 0.1) is 57.0 Å². The molecule has 4 rings (SSSR count). The number of Topliss-reactive ketones (excluding diaryl/α,β-unsaturated/α-hetero) is 1. The minimum Gasteiger partial charge on any atom is -0.392 e. The number of hydrogen-bond donors (Lipinski definition) is 3. The Bertz CT molecular complexity index is 1210. The number of amides is 1. The van der Waals surface area contributed by atoms with Gasteiger partial charge in [0, 0.05) is 12.3 Å². The Balaban J connectivity index is 1.62. The van der Waals surface area contributed by atoms with Crippen LogP contribution in [0.15, 0.2) is 30.9 Å². The lowest BCUT2D eigenvalue weighted by Crippen LogP contribution is -2.47. The number of nitrogens with one attached hydrogen (secondary N) is 1. The van der Waals surface area contributed by atoms with Gasteiger partial charge in [-0.3, -0.25) is 9.59 Å². The quantitative estimate of drug-likeness (QED) is 0.343. The van der Waals surface area contributed by atoms with E-state index in [1.165, 1.54) is 0 Å². The van der Waals surface area contributed by atoms with Crippen molar-refractivity contribution in [2.75, 3.05) is 0 Å². The summed E-state index contributed by atoms with van der Waals surface area (Å²) in [6.07, 6.45) is 3.63. The van der Waals surface area contributed by atoms with Gasteiger partial charge >= 0.3 is 0 Å². The van der Waals surface area contributed by atoms with Gasteiger partial charge in [0.1, 0.15) is 5.78 Å². The SMILES string of the molecule is C=CCC[C@H]1C(=O)C(C)(C)[C@@H](O)CC(=O)N[C@H](c2ccc3sc(C)nc3c2)CC2OC2(C)CCC[C@H](C)[C@H]1O. The first-order chi connectivity index (χ1) is 18.4. The number of hydrogen-bond acceptors (Lipinski definition) is 7. The minimum atomic E-state index is -1.20. The predicted molar refractivity (Wildman–Crippen MR) is 154 cm³/mol. The third kappa shape index (κ3) is 6.62. The van der Waals surface area contributed by atoms with E-state index in [0.717, 1.165) is 40.1 Å². The molecule has 7 nitrogen and oxygen atoms in total. The Morgan fingerprint density at radius 2 is 2.00 bits per heavy atom. The van der Waals surface area contributed by atoms with Crippen molar-refractivity contribution < 1.29 is 24.5 Å². The Morgan fingerprint density at radius 3 is 2.72 bits per heavy atom. The van der Waals surface area contributed by atoms with Gasteiger partial charge in [-0.25, -0.2) is 4.98 Å². The molecule has 1 amide bonds. The number of aliphatic hydroxyl groups excluding tert-OH is 2. The Morgan fingerprint density at radius 1 is 1.26 bits per heavy atom. The highest BCUT2D eigenvalue weighted by Gasteiger charge is 2.52. The molecule has 1 aromatic heterocycles. The number of rotatable bonds is 4. The van der Waals surface area contributed by atoms with Crippen LogP contribution >= 0.6 is 11.3 Å². The molecule has 8 heteroatoms. The van der Waals surface area contributed by atoms with Gasteiger partial charge in [-0.05, 0) is 63.1 Å². The van der Waals surface area contributed by atoms with Crippen molar-refractivity contribution in [3.63, 3.8) is 0 Å². The maximum atomic E-state index is 13.7. The molecule has 2 saturated heterocycles. The van der Waals surface area contributed by atoms with Crippen molar-refractivity contribution in [1.29, 1.82) is 0 Å². The molecule has 2 fully saturated rings. The van der Waals surface area contributed by atoms with Crippen LogP contribution in [-0.2, 0) is 14.3 Å². The standard InChI is InChI=1S/C31H44N2O5S/c1-7-8-11-21-28(36)18(2)10-9-14-31(6)26(38-31)16-22(20-12-13-24-23(15-20)32-19(3)39-24)33-27(35)17-25(34)30(4,5)29(21)37/h7,12-13,15,18,21-22,25-26,28,34,36H,1,8-11,14,16-17H2,2-6H3,(H,33,35)/t18-,21+,22-,25-,26?,28+,31?/m0/s1. The van der Waals surface area contributed by atoms with Crippen LogP contribution in [0.2, 0.25) is 0 Å². The van der Waals surface area contributed by atoms with Crippen molar-refractivity contribution in [2.45, 2.75) is 110 Å². The number of aromatic nitrogens is 1. The van der Waals surface area contributed by atoms with Crippen LogP contribution in [0.25, 0.3) is 10.2 Å². The summed E-state index contributed by atoms with van der Waals surface area (Å²) in [5.74, 6) is -1.27. The molecule has 0 radical (unpaired) electrons. The molecule has 214 valence electrons. The molecule has 3 heterocycles. The zero-order valence-electron chi connectivity index (χ0n) is 23.9. The van der Waals surface area contributed by atoms with Gasteiger partial charge in [-0.15, -0.1) is 17.9 Å². The summed E-state index contributed by atoms with van der Waals surface area (Å²) >= 11 is 1.64. The Labute approximate surface area is 236 Å². The van der Waals surface area contributed by atoms with Gasteiger partial charge in [-0.2, -0.15) is 0 Å². The van der Waals surface area contributed by atoms with E-state index in [1.807, 2.05) is 32.0 Å². The van der Waals surface area contributed by atoms with Crippen LogP contribution < -0.4 is 5.32 Å². The fourth-order valence-corrected chi connectivity index (χ4v) is 6.81. The number of ketones is 1. The van der Waals surface area contributed by atoms with E-state index in [0.29, 0.717) is 19.3 Å². The van der Waals surface area contributed by atoms with Crippen LogP contribution in [0.1, 0.15) is 89.3 Å². The third-order valence-corrected chi connectivity index (χ3v) is 9.89. The zero-order chi connectivity index (χ0) is 28.5. The molecular formula is C31H44N2O5S. The summed E-state index contributed by atoms with van der Waals surface area (Å²) in [7, 11) is 0. The minimum absolute atomic E-state index is 0.00733. The predicted octanol–water partition coefficient (Wildman–Crippen LogP) is 5.42. The first kappa shape index (κ1) is 29.8. The van der Waals surface area contributed by atoms with Crippen molar-refractivity contribution in [2.24, 2.45) is 17.3 Å². The van der Waals surface area contributed by atoms with E-state index in [2.05, 4.69) is 23.8 Å². The molecule has 2 aromatic rings. The number of ether oxygens (including phenoxy) is 1. The van der Waals surface area contributed by atoms with Crippen molar-refractivity contribution in [1.82, 2.24) is 10.3 Å². The number of carbonyl (C=O) groups is 2. The first-order valence-corrected chi connectivity index (χ1v) is 15.0. The summed E-state index contributed by atoms with van der Waals surface area (Å²) in [5.41, 5.74) is 0.365. The maximum Gasteiger partial charge on any atom is 0.223 e. The van der Waals surface area contributed by atoms with Gasteiger partial charge in [0.2, 0.25) is 5.91 Å². The molecule has 0 spiro atoms. The highest BCUT2D eigenvalue weighted by Crippen LogP contribution is 2.46. The van der Waals surface area contributed by atoms with Crippen LogP contribution in [0.5, 0.6) is 0 Å². The van der Waals surface area contributed by atoms with Crippen molar-refractivity contribution >= 4 is 33.2 Å². The third-order valence-electron chi connectivity index (χ3n) is 8.93. The van der Waals surface area contributed by atoms with Crippen LogP contribution in [0.3, 0.4) is 0 Å². The van der Waals surface area contributed by atoms with E-state index in [4.69, 9.17) is 4.74 Å². The average molecular weight is 557 g/mol. The molecule has 7 atom stereocenters. The summed E-state index contributed by atoms with van der Waals surface area (Å²) < 4.78 is 7.27. The largest absolute Gasteiger partial charge is 0.392 e. The number of allylic oxidation sites excluding steroid dienone is 1. The number of epoxide rings is 1. The molecule has 0 saturated carbocycles. The molecule has 1 aromatic carbocycles. The molecule has 0 aliphatic carbocycles. The summed E-state index contributed by atoms with van der Waals surface area (Å²) in [6, 6.07) is 5.79. The molecular weight excluding hydrogens is 512 g/mol. The second kappa shape index (κ2) is 11.8. The van der Waals surface area contributed by atoms with Crippen LogP contribution in [0, 0.1) is 24.2 Å². The van der Waals surface area contributed by atoms with Crippen LogP contribution in [0.4, 0.5) is 0 Å². The lowest BCUT2D eigenvalue weighted by atomic mass is 9.71. The zero-order valence-corrected chi connectivity index (χ0v) is 24.7. The Kier molecular flexibility index (Phi) is 9.01. The van der Waals surface area contributed by atoms with Gasteiger partial charge in [0.25, 0.3) is 0 Å². The molecule has 2 aliphatic heterocycles. The van der Waals surface area contributed by atoms with Crippen molar-refractivity contribution in [3.05, 3.63) is 41.4 Å². The van der Waals surface area contributed by atoms with E-state index in [9.17, 15) is 19.8 Å². The van der Waals surface area contributed by atoms with E-state index >= 15 is 0 Å². The number of nitrogens with zero attached hydrogens (tertiary/aromatic N) is 1. The fourth-order valence-electron chi connectivity index (χ4n) is 6.00. The number of benzene rings is 1. The molecule has 0 bridgehead atoms. The van der Waals surface area contributed by atoms with Gasteiger partial charge in [0.15, 0.2) is 0 Å². The molecule has 3 N–H and O–H groups in total. The normalized spacial score (nSPS) is 34.3. The second-order valence-corrected chi connectivity index (χ2v) is 13.6. The number of thiazole rings is 1. The summed E-state index contributed by atoms with van der Waals surface area (Å²) in [6.45, 7) is 13.2. The Hall–Kier alpha value is -2.13.